The van der Waals surface area contributed by atoms with Crippen LogP contribution < -0.4 is 11.1 Å². The van der Waals surface area contributed by atoms with Crippen molar-refractivity contribution in [1.82, 2.24) is 10.2 Å². The molecule has 0 aromatic heterocycles. The molecule has 3 unspecified atom stereocenters. The number of benzene rings is 3. The van der Waals surface area contributed by atoms with Crippen molar-refractivity contribution >= 4 is 29.3 Å². The van der Waals surface area contributed by atoms with Gasteiger partial charge in [-0.3, -0.25) is 9.59 Å². The van der Waals surface area contributed by atoms with Crippen molar-refractivity contribution in [1.29, 1.82) is 0 Å². The van der Waals surface area contributed by atoms with Crippen LogP contribution in [0, 0.1) is 5.41 Å². The number of nitrogens with one attached hydrogen (secondary N) is 1. The minimum Gasteiger partial charge on any atom is -0.478 e. The quantitative estimate of drug-likeness (QED) is 0.207. The Labute approximate surface area is 289 Å². The monoisotopic (exact) mass is 670 g/mol. The first kappa shape index (κ1) is 35.3. The summed E-state index contributed by atoms with van der Waals surface area (Å²) < 4.78 is 12.4. The molecule has 48 heavy (non-hydrogen) atoms. The van der Waals surface area contributed by atoms with Gasteiger partial charge in [0.2, 0.25) is 11.8 Å². The van der Waals surface area contributed by atoms with Crippen molar-refractivity contribution in [2.75, 3.05) is 13.2 Å². The zero-order valence-corrected chi connectivity index (χ0v) is 28.8. The van der Waals surface area contributed by atoms with Gasteiger partial charge in [0.05, 0.1) is 36.3 Å². The van der Waals surface area contributed by atoms with Gasteiger partial charge >= 0.3 is 0 Å². The van der Waals surface area contributed by atoms with E-state index in [1.807, 2.05) is 78.6 Å². The lowest BCUT2D eigenvalue weighted by Crippen LogP contribution is -2.57. The van der Waals surface area contributed by atoms with Crippen LogP contribution in [0.1, 0.15) is 50.3 Å². The van der Waals surface area contributed by atoms with Crippen LogP contribution in [0.4, 0.5) is 0 Å². The van der Waals surface area contributed by atoms with Crippen LogP contribution in [-0.4, -0.2) is 66.0 Å². The standard InChI is InChI=1S/C39H47ClN4O4/c1-27(41)36(45)43-35(28(2)47-25-30-14-8-5-9-15-30)37(46)44-21-11-18-34(44)19-20-39(3,24-31-16-10-17-32(40)22-31)38-42-33(26-48-38)23-29-12-6-4-7-13-29/h4-10,12-17,19-20,22,27-28,33-35H,11,18,21,23-26,41H2,1-3H3,(H,43,45)/b20-19+/t27-,28+,33?,34?,35-,39?/m0/s1. The number of ether oxygens (including phenoxy) is 2. The zero-order valence-electron chi connectivity index (χ0n) is 28.1. The van der Waals surface area contributed by atoms with Gasteiger partial charge in [-0.1, -0.05) is 96.5 Å². The van der Waals surface area contributed by atoms with Crippen LogP contribution in [-0.2, 0) is 38.5 Å². The average Bonchev–Trinajstić information content (AvgIpc) is 3.76. The van der Waals surface area contributed by atoms with Gasteiger partial charge < -0.3 is 25.4 Å². The number of hydrogen-bond acceptors (Lipinski definition) is 6. The minimum absolute atomic E-state index is 0.0192. The van der Waals surface area contributed by atoms with E-state index in [2.05, 4.69) is 42.6 Å². The Morgan fingerprint density at radius 1 is 1.06 bits per heavy atom. The fraction of sp³-hybridized carbons (Fsp3) is 0.410. The molecule has 0 aliphatic carbocycles. The fourth-order valence-electron chi connectivity index (χ4n) is 6.33. The van der Waals surface area contributed by atoms with Crippen LogP contribution in [0.25, 0.3) is 0 Å². The van der Waals surface area contributed by atoms with E-state index in [1.54, 1.807) is 6.92 Å². The normalized spacial score (nSPS) is 20.9. The molecule has 1 saturated heterocycles. The van der Waals surface area contributed by atoms with E-state index < -0.39 is 29.5 Å². The summed E-state index contributed by atoms with van der Waals surface area (Å²) in [6.07, 6.45) is 6.72. The number of carbonyl (C=O) groups excluding carboxylic acids is 2. The van der Waals surface area contributed by atoms with E-state index in [0.29, 0.717) is 37.1 Å². The smallest absolute Gasteiger partial charge is 0.248 e. The third-order valence-electron chi connectivity index (χ3n) is 9.05. The van der Waals surface area contributed by atoms with Crippen LogP contribution in [0.2, 0.25) is 5.02 Å². The highest BCUT2D eigenvalue weighted by molar-refractivity contribution is 6.30. The summed E-state index contributed by atoms with van der Waals surface area (Å²) in [6.45, 7) is 6.95. The molecule has 0 spiro atoms. The Bertz CT molecular complexity index is 1580. The summed E-state index contributed by atoms with van der Waals surface area (Å²) in [7, 11) is 0. The molecule has 3 N–H and O–H groups in total. The van der Waals surface area contributed by atoms with E-state index >= 15 is 0 Å². The van der Waals surface area contributed by atoms with Crippen molar-refractivity contribution < 1.29 is 19.1 Å². The van der Waals surface area contributed by atoms with E-state index in [0.717, 1.165) is 30.4 Å². The number of aliphatic imine (C=N–C) groups is 1. The number of nitrogens with zero attached hydrogens (tertiary/aromatic N) is 2. The van der Waals surface area contributed by atoms with Crippen molar-refractivity contribution in [2.45, 2.75) is 83.3 Å². The maximum atomic E-state index is 14.2. The second-order valence-corrected chi connectivity index (χ2v) is 13.6. The van der Waals surface area contributed by atoms with Gasteiger partial charge in [-0.15, -0.1) is 0 Å². The second-order valence-electron chi connectivity index (χ2n) is 13.2. The van der Waals surface area contributed by atoms with Crippen LogP contribution in [0.5, 0.6) is 0 Å². The first-order valence-corrected chi connectivity index (χ1v) is 17.2. The Balaban J connectivity index is 1.37. The SMILES string of the molecule is C[C@H](N)C(=O)N[C@H](C(=O)N1CCCC1/C=C/C(C)(Cc1cccc(Cl)c1)C1=NC(Cc2ccccc2)CO1)[C@@H](C)OCc1ccccc1. The largest absolute Gasteiger partial charge is 0.478 e. The van der Waals surface area contributed by atoms with Crippen molar-refractivity contribution in [3.63, 3.8) is 0 Å². The average molecular weight is 671 g/mol. The summed E-state index contributed by atoms with van der Waals surface area (Å²) in [4.78, 5) is 33.9. The molecule has 2 amide bonds. The topological polar surface area (TPSA) is 106 Å². The predicted octanol–water partition coefficient (Wildman–Crippen LogP) is 5.91. The highest BCUT2D eigenvalue weighted by Gasteiger charge is 2.39. The highest BCUT2D eigenvalue weighted by Crippen LogP contribution is 2.33. The van der Waals surface area contributed by atoms with E-state index in [1.165, 1.54) is 5.56 Å². The highest BCUT2D eigenvalue weighted by atomic mass is 35.5. The lowest BCUT2D eigenvalue weighted by atomic mass is 9.82. The lowest BCUT2D eigenvalue weighted by Gasteiger charge is -2.32. The summed E-state index contributed by atoms with van der Waals surface area (Å²) in [5.41, 5.74) is 8.58. The Morgan fingerprint density at radius 2 is 1.75 bits per heavy atom. The molecule has 5 rings (SSSR count). The molecule has 0 radical (unpaired) electrons. The minimum atomic E-state index is -0.889. The molecule has 1 fully saturated rings. The second kappa shape index (κ2) is 16.4. The lowest BCUT2D eigenvalue weighted by molar-refractivity contribution is -0.141. The van der Waals surface area contributed by atoms with Crippen LogP contribution in [0.3, 0.4) is 0 Å². The third kappa shape index (κ3) is 9.34. The first-order valence-electron chi connectivity index (χ1n) is 16.8. The molecular formula is C39H47ClN4O4. The Hall–Kier alpha value is -3.98. The van der Waals surface area contributed by atoms with E-state index in [9.17, 15) is 9.59 Å². The number of rotatable bonds is 14. The van der Waals surface area contributed by atoms with Gasteiger partial charge in [0.15, 0.2) is 5.90 Å². The maximum Gasteiger partial charge on any atom is 0.248 e. The fourth-order valence-corrected chi connectivity index (χ4v) is 6.54. The number of hydrogen-bond donors (Lipinski definition) is 2. The van der Waals surface area contributed by atoms with Gasteiger partial charge in [0.1, 0.15) is 12.6 Å². The molecule has 2 aliphatic rings. The van der Waals surface area contributed by atoms with Crippen molar-refractivity contribution in [2.24, 2.45) is 16.1 Å². The molecule has 254 valence electrons. The summed E-state index contributed by atoms with van der Waals surface area (Å²) in [6, 6.07) is 26.1. The predicted molar refractivity (Wildman–Crippen MR) is 191 cm³/mol. The van der Waals surface area contributed by atoms with Gasteiger partial charge in [0.25, 0.3) is 0 Å². The maximum absolute atomic E-state index is 14.2. The number of nitrogens with two attached hydrogens (primary N) is 1. The Morgan fingerprint density at radius 3 is 2.44 bits per heavy atom. The molecule has 0 bridgehead atoms. The summed E-state index contributed by atoms with van der Waals surface area (Å²) >= 11 is 6.38. The summed E-state index contributed by atoms with van der Waals surface area (Å²) in [5, 5.41) is 3.55. The zero-order chi connectivity index (χ0) is 34.1. The molecule has 9 heteroatoms. The number of carbonyl (C=O) groups is 2. The van der Waals surface area contributed by atoms with E-state index in [4.69, 9.17) is 31.8 Å². The first-order chi connectivity index (χ1) is 23.1. The van der Waals surface area contributed by atoms with E-state index in [-0.39, 0.29) is 18.0 Å². The third-order valence-corrected chi connectivity index (χ3v) is 9.28. The van der Waals surface area contributed by atoms with Crippen LogP contribution in [0.15, 0.2) is 102 Å². The van der Waals surface area contributed by atoms with Crippen LogP contribution >= 0.6 is 11.6 Å². The molecule has 0 saturated carbocycles. The molecule has 8 nitrogen and oxygen atoms in total. The number of amides is 2. The molecule has 6 atom stereocenters. The number of likely N-dealkylation sites (tertiary alicyclic amines) is 1. The van der Waals surface area contributed by atoms with Crippen molar-refractivity contribution in [3.05, 3.63) is 119 Å². The molecule has 3 aromatic carbocycles. The molecule has 2 heterocycles. The molecule has 3 aromatic rings. The van der Waals surface area contributed by atoms with Crippen molar-refractivity contribution in [3.8, 4) is 0 Å². The van der Waals surface area contributed by atoms with Gasteiger partial charge in [-0.05, 0) is 75.3 Å². The van der Waals surface area contributed by atoms with Gasteiger partial charge in [0, 0.05) is 11.6 Å². The van der Waals surface area contributed by atoms with Gasteiger partial charge in [-0.25, -0.2) is 4.99 Å². The molecular weight excluding hydrogens is 624 g/mol. The summed E-state index contributed by atoms with van der Waals surface area (Å²) in [5.74, 6) is 0.0940. The van der Waals surface area contributed by atoms with Gasteiger partial charge in [-0.2, -0.15) is 0 Å². The molecule has 2 aliphatic heterocycles. The number of halogens is 1. The Kier molecular flexibility index (Phi) is 12.1.